The summed E-state index contributed by atoms with van der Waals surface area (Å²) in [5.74, 6) is 0. The molecule has 15 heteroatoms. The van der Waals surface area contributed by atoms with E-state index in [1.165, 1.54) is 109 Å². The van der Waals surface area contributed by atoms with Crippen molar-refractivity contribution in [1.82, 2.24) is 4.98 Å². The zero-order valence-electron chi connectivity index (χ0n) is 25.3. The van der Waals surface area contributed by atoms with E-state index in [0.29, 0.717) is 0 Å². The van der Waals surface area contributed by atoms with Crippen LogP contribution in [0.5, 0.6) is 0 Å². The van der Waals surface area contributed by atoms with Gasteiger partial charge in [-0.15, -0.1) is 10.9 Å². The molecule has 0 aliphatic carbocycles. The number of hydrogen-bond acceptors (Lipinski definition) is 2. The third-order valence-corrected chi connectivity index (χ3v) is 10.7. The first kappa shape index (κ1) is 25.1. The van der Waals surface area contributed by atoms with Gasteiger partial charge in [0.05, 0.1) is 21.8 Å². The molecule has 7 rings (SSSR count). The van der Waals surface area contributed by atoms with E-state index in [1.807, 2.05) is 0 Å². The zero-order chi connectivity index (χ0) is 28.0. The predicted molar refractivity (Wildman–Crippen MR) is 208 cm³/mol. The van der Waals surface area contributed by atoms with E-state index in [-0.39, 0.29) is 0 Å². The lowest BCUT2D eigenvalue weighted by molar-refractivity contribution is 0.674. The predicted octanol–water partition coefficient (Wildman–Crippen LogP) is -13.8. The lowest BCUT2D eigenvalue weighted by atomic mass is 9.65. The SMILES string of the molecule is Bc1c(B)c(B)c2c(oc3c(B)c(B)c4c([nH]c5c4c(B)c(B)c4oc6c(B)c(B)c(B)c(B)c6c45)c32)c1B. The van der Waals surface area contributed by atoms with Crippen LogP contribution in [0, 0.1) is 0 Å². The Morgan fingerprint density at radius 2 is 0.538 bits per heavy atom. The van der Waals surface area contributed by atoms with E-state index >= 15 is 0 Å². The summed E-state index contributed by atoms with van der Waals surface area (Å²) in [7, 11) is 26.7. The van der Waals surface area contributed by atoms with Crippen LogP contribution in [0.3, 0.4) is 0 Å². The van der Waals surface area contributed by atoms with Gasteiger partial charge in [0.2, 0.25) is 0 Å². The molecule has 0 aliphatic rings. The molecule has 3 aromatic heterocycles. The number of H-pyrrole nitrogens is 1. The van der Waals surface area contributed by atoms with Crippen molar-refractivity contribution in [3.05, 3.63) is 0 Å². The topological polar surface area (TPSA) is 42.1 Å². The lowest BCUT2D eigenvalue weighted by Gasteiger charge is -2.11. The van der Waals surface area contributed by atoms with Crippen LogP contribution in [0.4, 0.5) is 0 Å². The van der Waals surface area contributed by atoms with Crippen LogP contribution in [-0.4, -0.2) is 99.1 Å². The molecule has 0 spiro atoms. The van der Waals surface area contributed by atoms with Gasteiger partial charge >= 0.3 is 0 Å². The fourth-order valence-electron chi connectivity index (χ4n) is 7.29. The molecule has 39 heavy (non-hydrogen) atoms. The van der Waals surface area contributed by atoms with Gasteiger partial charge in [-0.25, -0.2) is 0 Å². The van der Waals surface area contributed by atoms with E-state index in [9.17, 15) is 0 Å². The van der Waals surface area contributed by atoms with Gasteiger partial charge in [0.1, 0.15) is 116 Å². The summed E-state index contributed by atoms with van der Waals surface area (Å²) in [5, 5.41) is 7.52. The summed E-state index contributed by atoms with van der Waals surface area (Å²) < 4.78 is 13.5. The van der Waals surface area contributed by atoms with Crippen LogP contribution in [0.25, 0.3) is 65.7 Å². The molecule has 0 radical (unpaired) electrons. The summed E-state index contributed by atoms with van der Waals surface area (Å²) in [5.41, 5.74) is 21.8. The van der Waals surface area contributed by atoms with E-state index in [4.69, 9.17) is 8.83 Å². The second-order valence-electron chi connectivity index (χ2n) is 12.1. The van der Waals surface area contributed by atoms with Gasteiger partial charge < -0.3 is 13.8 Å². The molecule has 0 saturated heterocycles. The Hall–Kier alpha value is -2.94. The van der Waals surface area contributed by atoms with Crippen LogP contribution in [-0.2, 0) is 0 Å². The molecule has 0 saturated carbocycles. The smallest absolute Gasteiger partial charge is 0.143 e. The number of benzene rings is 4. The Labute approximate surface area is 238 Å². The van der Waals surface area contributed by atoms with Crippen LogP contribution in [0.1, 0.15) is 0 Å². The maximum absolute atomic E-state index is 6.74. The number of nitrogens with one attached hydrogen (secondary N) is 1. The van der Waals surface area contributed by atoms with Crippen LogP contribution in [0.2, 0.25) is 0 Å². The third-order valence-electron chi connectivity index (χ3n) is 10.7. The average molecular weight is 489 g/mol. The van der Waals surface area contributed by atoms with Crippen LogP contribution >= 0.6 is 0 Å². The molecule has 0 unspecified atom stereocenters. The second-order valence-corrected chi connectivity index (χ2v) is 12.1. The number of aromatic amines is 1. The normalized spacial score (nSPS) is 12.3. The van der Waals surface area contributed by atoms with Crippen molar-refractivity contribution in [3.63, 3.8) is 0 Å². The summed E-state index contributed by atoms with van der Waals surface area (Å²) in [6, 6.07) is 0. The van der Waals surface area contributed by atoms with Crippen molar-refractivity contribution >= 4 is 225 Å². The Kier molecular flexibility index (Phi) is 5.03. The van der Waals surface area contributed by atoms with Crippen molar-refractivity contribution in [1.29, 1.82) is 0 Å². The number of furan rings is 2. The van der Waals surface area contributed by atoms with Crippen molar-refractivity contribution in [2.24, 2.45) is 0 Å². The van der Waals surface area contributed by atoms with Gasteiger partial charge in [-0.05, 0) is 0 Å². The van der Waals surface area contributed by atoms with Gasteiger partial charge in [-0.2, -0.15) is 0 Å². The lowest BCUT2D eigenvalue weighted by Crippen LogP contribution is -2.47. The maximum atomic E-state index is 6.74. The highest BCUT2D eigenvalue weighted by Crippen LogP contribution is 2.37. The third kappa shape index (κ3) is 2.80. The number of rotatable bonds is 0. The van der Waals surface area contributed by atoms with Crippen molar-refractivity contribution in [2.45, 2.75) is 0 Å². The van der Waals surface area contributed by atoms with E-state index in [1.54, 1.807) is 0 Å². The van der Waals surface area contributed by atoms with Crippen molar-refractivity contribution in [3.8, 4) is 0 Å². The zero-order valence-corrected chi connectivity index (χ0v) is 25.3. The fraction of sp³-hybridized carbons (Fsp3) is 0. The largest absolute Gasteiger partial charge is 0.457 e. The first-order valence-corrected chi connectivity index (χ1v) is 14.1. The Morgan fingerprint density at radius 1 is 0.282 bits per heavy atom. The van der Waals surface area contributed by atoms with E-state index in [0.717, 1.165) is 22.3 Å². The standard InChI is InChI=1S/C24H25B12NO2/c25-7-1-2-8(26)16(34)24-6(4-10(28)12(30)14(32)18(36)22(4)39-24)20(2)37-19(1)5-3-9(27)11(29)13(31)17(35)21(3)38-23(5)15(7)33/h37H,25-36H2. The Bertz CT molecular complexity index is 2150. The van der Waals surface area contributed by atoms with Crippen LogP contribution in [0.15, 0.2) is 8.83 Å². The quantitative estimate of drug-likeness (QED) is 0.215. The Balaban J connectivity index is 1.85. The minimum Gasteiger partial charge on any atom is -0.457 e. The van der Waals surface area contributed by atoms with E-state index < -0.39 is 0 Å². The van der Waals surface area contributed by atoms with Gasteiger partial charge in [0.25, 0.3) is 0 Å². The molecular formula is C24H25B12NO2. The molecule has 0 atom stereocenters. The van der Waals surface area contributed by atoms with Crippen molar-refractivity contribution in [2.75, 3.05) is 0 Å². The molecule has 0 fully saturated rings. The molecule has 0 aliphatic heterocycles. The monoisotopic (exact) mass is 491 g/mol. The highest BCUT2D eigenvalue weighted by molar-refractivity contribution is 6.71. The van der Waals surface area contributed by atoms with Gasteiger partial charge in [-0.1, -0.05) is 54.6 Å². The number of fused-ring (bicyclic) bond motifs is 11. The minimum atomic E-state index is 0.999. The molecule has 0 bridgehead atoms. The summed E-state index contributed by atoms with van der Waals surface area (Å²) in [6.45, 7) is 0. The summed E-state index contributed by atoms with van der Waals surface area (Å²) in [4.78, 5) is 4.00. The average Bonchev–Trinajstić information content (AvgIpc) is 3.62. The number of hydrogen-bond donors (Lipinski definition) is 1. The van der Waals surface area contributed by atoms with Gasteiger partial charge in [-0.3, -0.25) is 0 Å². The minimum absolute atomic E-state index is 0.999. The molecule has 3 heterocycles. The second kappa shape index (κ2) is 7.83. The summed E-state index contributed by atoms with van der Waals surface area (Å²) in [6.07, 6.45) is 0. The first-order valence-electron chi connectivity index (χ1n) is 14.1. The molecular weight excluding hydrogens is 464 g/mol. The maximum Gasteiger partial charge on any atom is 0.143 e. The molecule has 3 nitrogen and oxygen atoms in total. The van der Waals surface area contributed by atoms with Crippen LogP contribution < -0.4 is 65.6 Å². The molecule has 1 N–H and O–H groups in total. The fourth-order valence-corrected chi connectivity index (χ4v) is 7.29. The van der Waals surface area contributed by atoms with Gasteiger partial charge in [0, 0.05) is 21.5 Å². The molecule has 0 amide bonds. The highest BCUT2D eigenvalue weighted by Gasteiger charge is 2.26. The summed E-state index contributed by atoms with van der Waals surface area (Å²) >= 11 is 0. The van der Waals surface area contributed by atoms with Crippen molar-refractivity contribution < 1.29 is 8.83 Å². The molecule has 174 valence electrons. The highest BCUT2D eigenvalue weighted by atomic mass is 16.3. The first-order chi connectivity index (χ1) is 18.4. The number of aromatic nitrogens is 1. The molecule has 4 aromatic carbocycles. The molecule has 7 aromatic rings. The van der Waals surface area contributed by atoms with E-state index in [2.05, 4.69) is 99.1 Å². The Morgan fingerprint density at radius 3 is 0.897 bits per heavy atom. The van der Waals surface area contributed by atoms with Gasteiger partial charge in [0.15, 0.2) is 0 Å².